The molecule has 0 spiro atoms. The molecule has 0 saturated carbocycles. The zero-order valence-electron chi connectivity index (χ0n) is 6.60. The van der Waals surface area contributed by atoms with Gasteiger partial charge in [0.25, 0.3) is 0 Å². The predicted octanol–water partition coefficient (Wildman–Crippen LogP) is -0.701. The van der Waals surface area contributed by atoms with E-state index in [1.807, 2.05) is 0 Å². The monoisotopic (exact) mass is 512 g/mol. The third-order valence-corrected chi connectivity index (χ3v) is 0. The van der Waals surface area contributed by atoms with Crippen LogP contribution in [0.3, 0.4) is 0 Å². The summed E-state index contributed by atoms with van der Waals surface area (Å²) in [6.45, 7) is -5.33. The Bertz CT molecular complexity index is 80.9. The van der Waals surface area contributed by atoms with Crippen molar-refractivity contribution in [1.82, 2.24) is 0 Å². The molecule has 0 aromatic heterocycles. The van der Waals surface area contributed by atoms with Crippen molar-refractivity contribution in [3.8, 4) is 0 Å². The van der Waals surface area contributed by atoms with E-state index < -0.39 is 6.81 Å². The molecule has 13 heteroatoms. The summed E-state index contributed by atoms with van der Waals surface area (Å²) in [6.07, 6.45) is 0. The Kier molecular flexibility index (Phi) is 29.2. The summed E-state index contributed by atoms with van der Waals surface area (Å²) in [5.41, 5.74) is 0. The normalized spacial score (nSPS) is 12.5. The molecule has 0 rings (SSSR count). The van der Waals surface area contributed by atoms with Crippen molar-refractivity contribution in [2.75, 3.05) is 0 Å². The molecule has 101 valence electrons. The molecule has 0 radical (unpaired) electrons. The fraction of sp³-hybridized carbons (Fsp3) is 0. The van der Waals surface area contributed by atoms with E-state index in [-0.39, 0.29) is 34.3 Å². The number of hydrogen-bond donors (Lipinski definition) is 0. The van der Waals surface area contributed by atoms with E-state index in [4.69, 9.17) is 57.5 Å². The standard InChI is InChI=1S/6ClH.Ir.6H2O/h6*1H;;6*1H2/q;;;;;;+4;;;;;;/p-5. The largest absolute Gasteiger partial charge is 1.00 e. The van der Waals surface area contributed by atoms with Gasteiger partial charge in [0, 0.05) is 0 Å². The summed E-state index contributed by atoms with van der Waals surface area (Å²) >= 11 is 0. The number of hydrogen-bond acceptors (Lipinski definition) is 0. The van der Waals surface area contributed by atoms with Crippen LogP contribution in [0.15, 0.2) is 0 Å². The van der Waals surface area contributed by atoms with Gasteiger partial charge in [0.05, 0.1) is 0 Å². The Morgan fingerprint density at radius 3 is 0.462 bits per heavy atom. The van der Waals surface area contributed by atoms with E-state index in [0.29, 0.717) is 0 Å². The summed E-state index contributed by atoms with van der Waals surface area (Å²) in [5, 5.41) is 0. The van der Waals surface area contributed by atoms with E-state index in [9.17, 15) is 0 Å². The van der Waals surface area contributed by atoms with Gasteiger partial charge in [0.2, 0.25) is 0 Å². The van der Waals surface area contributed by atoms with Crippen LogP contribution in [-0.2, 0) is 6.81 Å². The molecule has 12 N–H and O–H groups in total. The van der Waals surface area contributed by atoms with Crippen LogP contribution in [-0.4, -0.2) is 32.9 Å². The summed E-state index contributed by atoms with van der Waals surface area (Å²) in [5.74, 6) is 0. The molecule has 6 nitrogen and oxygen atoms in total. The van der Waals surface area contributed by atoms with Crippen LogP contribution >= 0.6 is 57.5 Å². The van der Waals surface area contributed by atoms with E-state index >= 15 is 0 Å². The quantitative estimate of drug-likeness (QED) is 0.396. The third kappa shape index (κ3) is 452. The maximum absolute atomic E-state index is 5.33. The zero-order valence-corrected chi connectivity index (χ0v) is 12.5. The summed E-state index contributed by atoms with van der Waals surface area (Å²) in [4.78, 5) is 0. The Morgan fingerprint density at radius 1 is 0.462 bits per heavy atom. The van der Waals surface area contributed by atoms with Crippen molar-refractivity contribution in [3.05, 3.63) is 0 Å². The molecule has 0 bridgehead atoms. The van der Waals surface area contributed by atoms with Crippen molar-refractivity contribution in [1.29, 1.82) is 0 Å². The van der Waals surface area contributed by atoms with E-state index in [1.165, 1.54) is 0 Å². The van der Waals surface area contributed by atoms with E-state index in [1.54, 1.807) is 0 Å². The fourth-order valence-corrected chi connectivity index (χ4v) is 0. The van der Waals surface area contributed by atoms with Gasteiger partial charge in [-0.15, -0.1) is 0 Å². The van der Waals surface area contributed by atoms with Crippen molar-refractivity contribution in [2.45, 2.75) is 0 Å². The minimum atomic E-state index is -5.33. The zero-order chi connectivity index (χ0) is 6.41. The van der Waals surface area contributed by atoms with Crippen LogP contribution in [0.2, 0.25) is 0 Å². The average molecular weight is 514 g/mol. The number of rotatable bonds is 0. The van der Waals surface area contributed by atoms with Crippen molar-refractivity contribution < 1.29 is 41.1 Å². The van der Waals surface area contributed by atoms with Gasteiger partial charge in [0.1, 0.15) is 0 Å². The molecule has 0 unspecified atom stereocenters. The summed E-state index contributed by atoms with van der Waals surface area (Å²) < 4.78 is 0. The Morgan fingerprint density at radius 2 is 0.462 bits per heavy atom. The van der Waals surface area contributed by atoms with Gasteiger partial charge >= 0.3 is 65.7 Å². The van der Waals surface area contributed by atoms with Gasteiger partial charge in [-0.05, 0) is 0 Å². The predicted molar refractivity (Wildman–Crippen MR) is 57.9 cm³/mol. The van der Waals surface area contributed by atoms with Gasteiger partial charge in [-0.25, -0.2) is 0 Å². The minimum Gasteiger partial charge on any atom is 1.00 e. The van der Waals surface area contributed by atoms with Crippen LogP contribution in [0.5, 0.6) is 0 Å². The second kappa shape index (κ2) is 8.32. The molecule has 0 aromatic rings. The van der Waals surface area contributed by atoms with Crippen LogP contribution < -0.4 is 0 Å². The molecule has 0 aromatic carbocycles. The van der Waals surface area contributed by atoms with Crippen LogP contribution in [0.1, 0.15) is 1.43 Å². The second-order valence-electron chi connectivity index (χ2n) is 0.714. The van der Waals surface area contributed by atoms with E-state index in [0.717, 1.165) is 0 Å². The first-order valence-corrected chi connectivity index (χ1v) is 18.6. The van der Waals surface area contributed by atoms with Crippen molar-refractivity contribution >= 4 is 57.5 Å². The smallest absolute Gasteiger partial charge is 1.00 e. The van der Waals surface area contributed by atoms with E-state index in [2.05, 4.69) is 0 Å². The van der Waals surface area contributed by atoms with Gasteiger partial charge in [-0.1, -0.05) is 0 Å². The molecule has 0 fully saturated rings. The molecular formula is H13Cl6IrO6-. The molecule has 0 atom stereocenters. The molecular weight excluding hydrogens is 501 g/mol. The van der Waals surface area contributed by atoms with Crippen molar-refractivity contribution in [2.24, 2.45) is 0 Å². The first kappa shape index (κ1) is 45.7. The molecule has 0 heterocycles. The summed E-state index contributed by atoms with van der Waals surface area (Å²) in [6, 6.07) is 0. The fourth-order valence-electron chi connectivity index (χ4n) is 0. The van der Waals surface area contributed by atoms with Gasteiger partial charge in [-0.2, -0.15) is 0 Å². The molecule has 0 saturated heterocycles. The Balaban J connectivity index is -0.00000000857. The molecule has 13 heavy (non-hydrogen) atoms. The van der Waals surface area contributed by atoms with Crippen molar-refractivity contribution in [3.63, 3.8) is 0 Å². The number of halogens is 6. The van der Waals surface area contributed by atoms with Crippen LogP contribution in [0, 0.1) is 0 Å². The molecule has 0 amide bonds. The van der Waals surface area contributed by atoms with Crippen LogP contribution in [0.4, 0.5) is 0 Å². The molecule has 0 aliphatic heterocycles. The average Bonchev–Trinajstić information content (AvgIpc) is 0.592. The topological polar surface area (TPSA) is 189 Å². The Hall–Kier alpha value is 2.15. The first-order valence-electron chi connectivity index (χ1n) is 0.756. The maximum Gasteiger partial charge on any atom is 1.00 e. The minimum absolute atomic E-state index is 0. The maximum atomic E-state index is 5.06. The second-order valence-corrected chi connectivity index (χ2v) is 52.6. The summed E-state index contributed by atoms with van der Waals surface area (Å²) in [7, 11) is 30.3. The van der Waals surface area contributed by atoms with Gasteiger partial charge in [0.15, 0.2) is 0 Å². The Labute approximate surface area is 97.9 Å². The third-order valence-electron chi connectivity index (χ3n) is 0. The van der Waals surface area contributed by atoms with Crippen LogP contribution in [0.25, 0.3) is 0 Å². The molecule has 0 aliphatic carbocycles. The van der Waals surface area contributed by atoms with Gasteiger partial charge in [-0.3, -0.25) is 0 Å². The first-order chi connectivity index (χ1) is 2.45. The van der Waals surface area contributed by atoms with Gasteiger partial charge < -0.3 is 32.9 Å². The SMILES string of the molecule is O.O.O.O.O.O.[Cl][Ir-2]([Cl])([Cl])([Cl])([Cl])[Cl].[H+]. The molecule has 0 aliphatic rings.